The van der Waals surface area contributed by atoms with Crippen LogP contribution in [0.3, 0.4) is 0 Å². The Hall–Kier alpha value is -11.6. The van der Waals surface area contributed by atoms with Crippen molar-refractivity contribution in [1.29, 1.82) is 0 Å². The van der Waals surface area contributed by atoms with E-state index >= 15 is 0 Å². The summed E-state index contributed by atoms with van der Waals surface area (Å²) in [6, 6.07) is 122. The third kappa shape index (κ3) is 10.9. The van der Waals surface area contributed by atoms with Crippen LogP contribution in [0.1, 0.15) is 81.5 Å². The average Bonchev–Trinajstić information content (AvgIpc) is 0.716. The van der Waals surface area contributed by atoms with Crippen LogP contribution in [-0.2, 0) is 0 Å². The molecule has 0 amide bonds. The molecule has 0 fully saturated rings. The van der Waals surface area contributed by atoms with Crippen molar-refractivity contribution in [3.63, 3.8) is 0 Å². The molecule has 0 atom stereocenters. The highest BCUT2D eigenvalue weighted by atomic mass is 15.2. The van der Waals surface area contributed by atoms with Gasteiger partial charge >= 0.3 is 0 Å². The maximum atomic E-state index is 2.52. The zero-order valence-corrected chi connectivity index (χ0v) is 57.9. The molecule has 0 saturated carbocycles. The summed E-state index contributed by atoms with van der Waals surface area (Å²) in [6.07, 6.45) is 0. The molecule has 0 saturated heterocycles. The molecule has 4 aliphatic rings. The summed E-state index contributed by atoms with van der Waals surface area (Å²) in [7, 11) is 0. The second-order valence-electron chi connectivity index (χ2n) is 28.3. The molecule has 6 heteroatoms. The van der Waals surface area contributed by atoms with E-state index in [2.05, 4.69) is 396 Å². The van der Waals surface area contributed by atoms with Gasteiger partial charge in [-0.15, -0.1) is 0 Å². The molecule has 0 spiro atoms. The van der Waals surface area contributed by atoms with Crippen LogP contribution in [0.25, 0.3) is 44.5 Å². The number of anilines is 12. The summed E-state index contributed by atoms with van der Waals surface area (Å²) < 4.78 is 0. The fourth-order valence-electron chi connectivity index (χ4n) is 16.0. The molecular formula is C94H78B2N4. The Morgan fingerprint density at radius 3 is 0.910 bits per heavy atom. The largest absolute Gasteiger partial charge is 0.311 e. The van der Waals surface area contributed by atoms with Gasteiger partial charge in [0.15, 0.2) is 0 Å². The van der Waals surface area contributed by atoms with Crippen LogP contribution in [0, 0.1) is 6.92 Å². The standard InChI is InChI=1S/C51H47BN2.C43H31BN2/c1-33(2)36-17-21-39(22-18-36)41-11-9-12-44(31-41)54-49-16-10-15-48-51(49)52(46-30-27-42(32-50(46)54)40-23-19-37(20-24-40)34(3)4)45-13-7-8-14-47(45)53(48)43-28-25-38(26-29-43)35(5)6;1-30-22-24-32(25-23-30)34-26-27-38-42(29-34)46(36-17-10-14-33(28-36)31-12-4-2-5-13-31)41-21-11-20-40-43(41)44(38)37-18-8-9-19-39(37)45(40)35-15-6-3-7-16-35/h7-35H,1-6H3;2-29H,1H3. The first-order chi connectivity index (χ1) is 49.0. The van der Waals surface area contributed by atoms with Crippen molar-refractivity contribution in [3.8, 4) is 44.5 Å². The number of fused-ring (bicyclic) bond motifs is 8. The van der Waals surface area contributed by atoms with Crippen molar-refractivity contribution < 1.29 is 0 Å². The summed E-state index contributed by atoms with van der Waals surface area (Å²) in [6.45, 7) is 15.9. The normalized spacial score (nSPS) is 12.9. The molecule has 14 aromatic rings. The van der Waals surface area contributed by atoms with Crippen molar-refractivity contribution in [1.82, 2.24) is 0 Å². The van der Waals surface area contributed by atoms with Gasteiger partial charge in [-0.05, 0) is 216 Å². The zero-order chi connectivity index (χ0) is 67.7. The maximum Gasteiger partial charge on any atom is 0.252 e. The lowest BCUT2D eigenvalue weighted by atomic mass is 9.33. The molecular weight excluding hydrogens is 1210 g/mol. The number of aryl methyl sites for hydroxylation is 1. The van der Waals surface area contributed by atoms with Gasteiger partial charge in [0.25, 0.3) is 13.4 Å². The highest BCUT2D eigenvalue weighted by Crippen LogP contribution is 2.48. The van der Waals surface area contributed by atoms with Crippen LogP contribution in [0.4, 0.5) is 68.2 Å². The molecule has 4 heterocycles. The molecule has 14 aromatic carbocycles. The van der Waals surface area contributed by atoms with Crippen molar-refractivity contribution in [2.75, 3.05) is 19.6 Å². The Kier molecular flexibility index (Phi) is 15.9. The molecule has 0 aromatic heterocycles. The minimum absolute atomic E-state index is 0.0916. The van der Waals surface area contributed by atoms with E-state index in [-0.39, 0.29) is 13.4 Å². The Balaban J connectivity index is 0.000000151. The summed E-state index contributed by atoms with van der Waals surface area (Å²) in [4.78, 5) is 9.94. The van der Waals surface area contributed by atoms with Crippen molar-refractivity contribution in [2.24, 2.45) is 0 Å². The van der Waals surface area contributed by atoms with Gasteiger partial charge in [-0.2, -0.15) is 0 Å². The van der Waals surface area contributed by atoms with Crippen LogP contribution >= 0.6 is 0 Å². The van der Waals surface area contributed by atoms with E-state index in [0.29, 0.717) is 17.8 Å². The van der Waals surface area contributed by atoms with Crippen molar-refractivity contribution in [2.45, 2.75) is 66.2 Å². The maximum absolute atomic E-state index is 2.52. The fourth-order valence-corrected chi connectivity index (χ4v) is 16.0. The number of benzene rings is 14. The minimum Gasteiger partial charge on any atom is -0.311 e. The van der Waals surface area contributed by atoms with E-state index in [4.69, 9.17) is 0 Å². The smallest absolute Gasteiger partial charge is 0.252 e. The molecule has 0 N–H and O–H groups in total. The number of hydrogen-bond donors (Lipinski definition) is 0. The van der Waals surface area contributed by atoms with Gasteiger partial charge in [-0.3, -0.25) is 0 Å². The Bertz CT molecular complexity index is 5370. The van der Waals surface area contributed by atoms with Crippen molar-refractivity contribution >= 4 is 114 Å². The first-order valence-electron chi connectivity index (χ1n) is 35.6. The molecule has 480 valence electrons. The third-order valence-electron chi connectivity index (χ3n) is 21.2. The number of para-hydroxylation sites is 3. The van der Waals surface area contributed by atoms with Gasteiger partial charge in [0.2, 0.25) is 0 Å². The quantitative estimate of drug-likeness (QED) is 0.120. The monoisotopic (exact) mass is 1280 g/mol. The van der Waals surface area contributed by atoms with Crippen LogP contribution in [-0.4, -0.2) is 13.4 Å². The highest BCUT2D eigenvalue weighted by Gasteiger charge is 2.45. The SMILES string of the molecule is CC(C)c1ccc(-c2cccc(N3c4cc(-c5ccc(C(C)C)cc5)ccc4B4c5ccccc5N(c5ccc(C(C)C)cc5)c5cccc3c54)c2)cc1.Cc1ccc(-c2ccc3c(c2)N(c2cccc(-c4ccccc4)c2)c2cccc4c2B3c2ccccc2N4c2ccccc2)cc1. The third-order valence-corrected chi connectivity index (χ3v) is 21.2. The molecule has 0 bridgehead atoms. The first-order valence-corrected chi connectivity index (χ1v) is 35.6. The predicted molar refractivity (Wildman–Crippen MR) is 430 cm³/mol. The second kappa shape index (κ2) is 25.7. The predicted octanol–water partition coefficient (Wildman–Crippen LogP) is 21.9. The number of rotatable bonds is 11. The van der Waals surface area contributed by atoms with E-state index in [9.17, 15) is 0 Å². The summed E-state index contributed by atoms with van der Waals surface area (Å²) >= 11 is 0. The van der Waals surface area contributed by atoms with Gasteiger partial charge in [-0.1, -0.05) is 278 Å². The van der Waals surface area contributed by atoms with E-state index in [0.717, 1.165) is 11.4 Å². The molecule has 4 aliphatic heterocycles. The van der Waals surface area contributed by atoms with Crippen molar-refractivity contribution in [3.05, 3.63) is 350 Å². The molecule has 18 rings (SSSR count). The lowest BCUT2D eigenvalue weighted by Crippen LogP contribution is -2.61. The van der Waals surface area contributed by atoms with E-state index in [1.54, 1.807) is 0 Å². The van der Waals surface area contributed by atoms with Crippen LogP contribution in [0.5, 0.6) is 0 Å². The average molecular weight is 1290 g/mol. The van der Waals surface area contributed by atoms with Gasteiger partial charge in [-0.25, -0.2) is 0 Å². The zero-order valence-electron chi connectivity index (χ0n) is 57.9. The minimum atomic E-state index is 0.0916. The fraction of sp³-hybridized carbons (Fsp3) is 0.106. The Labute approximate surface area is 590 Å². The highest BCUT2D eigenvalue weighted by molar-refractivity contribution is 7.01. The lowest BCUT2D eigenvalue weighted by molar-refractivity contribution is 0.866. The van der Waals surface area contributed by atoms with E-state index < -0.39 is 0 Å². The van der Waals surface area contributed by atoms with Gasteiger partial charge < -0.3 is 19.6 Å². The summed E-state index contributed by atoms with van der Waals surface area (Å²) in [5.74, 6) is 1.48. The number of nitrogens with zero attached hydrogens (tertiary/aromatic N) is 4. The van der Waals surface area contributed by atoms with Gasteiger partial charge in [0, 0.05) is 68.2 Å². The summed E-state index contributed by atoms with van der Waals surface area (Å²) in [5.41, 5.74) is 37.6. The van der Waals surface area contributed by atoms with Gasteiger partial charge in [0.05, 0.1) is 0 Å². The molecule has 0 unspecified atom stereocenters. The second-order valence-corrected chi connectivity index (χ2v) is 28.3. The Morgan fingerprint density at radius 1 is 0.210 bits per heavy atom. The van der Waals surface area contributed by atoms with Crippen LogP contribution in [0.15, 0.2) is 328 Å². The van der Waals surface area contributed by atoms with E-state index in [1.165, 1.54) is 156 Å². The lowest BCUT2D eigenvalue weighted by Gasteiger charge is -2.44. The van der Waals surface area contributed by atoms with E-state index in [1.807, 2.05) is 0 Å². The molecule has 0 radical (unpaired) electrons. The van der Waals surface area contributed by atoms with Gasteiger partial charge in [0.1, 0.15) is 0 Å². The molecule has 0 aliphatic carbocycles. The number of hydrogen-bond acceptors (Lipinski definition) is 4. The first kappa shape index (κ1) is 62.0. The molecule has 4 nitrogen and oxygen atoms in total. The van der Waals surface area contributed by atoms with Crippen LogP contribution in [0.2, 0.25) is 0 Å². The molecule has 100 heavy (non-hydrogen) atoms. The summed E-state index contributed by atoms with van der Waals surface area (Å²) in [5, 5.41) is 0. The van der Waals surface area contributed by atoms with Crippen LogP contribution < -0.4 is 52.4 Å². The Morgan fingerprint density at radius 2 is 0.490 bits per heavy atom. The topological polar surface area (TPSA) is 13.0 Å².